The summed E-state index contributed by atoms with van der Waals surface area (Å²) in [4.78, 5) is 15.1. The van der Waals surface area contributed by atoms with E-state index in [1.54, 1.807) is 6.07 Å². The summed E-state index contributed by atoms with van der Waals surface area (Å²) in [5.74, 6) is 1.76. The van der Waals surface area contributed by atoms with Crippen LogP contribution in [0.3, 0.4) is 0 Å². The average molecular weight is 299 g/mol. The Bertz CT molecular complexity index is 685. The smallest absolute Gasteiger partial charge is 0.165 e. The lowest BCUT2D eigenvalue weighted by molar-refractivity contribution is -0.139. The Balaban J connectivity index is 1.83. The lowest BCUT2D eigenvalue weighted by Crippen LogP contribution is -2.66. The second-order valence-corrected chi connectivity index (χ2v) is 7.47. The van der Waals surface area contributed by atoms with Crippen LogP contribution < -0.4 is 4.74 Å². The fourth-order valence-corrected chi connectivity index (χ4v) is 5.86. The number of ether oxygens (including phenoxy) is 1. The van der Waals surface area contributed by atoms with Crippen LogP contribution in [-0.4, -0.2) is 42.0 Å². The van der Waals surface area contributed by atoms with Crippen LogP contribution in [0.2, 0.25) is 0 Å². The number of phenols is 1. The number of likely N-dealkylation sites (N-methyl/N-ethyl adjacent to an activating group) is 1. The van der Waals surface area contributed by atoms with E-state index in [4.69, 9.17) is 4.74 Å². The van der Waals surface area contributed by atoms with Crippen molar-refractivity contribution in [2.45, 2.75) is 37.1 Å². The number of likely N-dealkylation sites (tertiary alicyclic amines) is 1. The highest BCUT2D eigenvalue weighted by Gasteiger charge is 2.62. The van der Waals surface area contributed by atoms with Crippen molar-refractivity contribution in [3.8, 4) is 11.5 Å². The number of nitrogens with zero attached hydrogens (tertiary/aromatic N) is 1. The molecule has 0 radical (unpaired) electrons. The minimum Gasteiger partial charge on any atom is -0.504 e. The van der Waals surface area contributed by atoms with Crippen LogP contribution in [0.4, 0.5) is 0 Å². The highest BCUT2D eigenvalue weighted by Crippen LogP contribution is 2.62. The van der Waals surface area contributed by atoms with Crippen molar-refractivity contribution < 1.29 is 14.6 Å². The van der Waals surface area contributed by atoms with E-state index in [0.29, 0.717) is 36.5 Å². The number of ketones is 1. The van der Waals surface area contributed by atoms with Gasteiger partial charge in [-0.25, -0.2) is 0 Å². The van der Waals surface area contributed by atoms with Gasteiger partial charge in [0.05, 0.1) is 12.5 Å². The zero-order valence-electron chi connectivity index (χ0n) is 12.8. The zero-order valence-corrected chi connectivity index (χ0v) is 12.8. The Morgan fingerprint density at radius 3 is 3.14 bits per heavy atom. The number of phenolic OH excluding ortho intramolecular Hbond substituents is 1. The van der Waals surface area contributed by atoms with E-state index in [9.17, 15) is 9.90 Å². The SMILES string of the molecule is CN1CC[C@]23c4c5ccc(O)c4OC[C@H]2C(=O)CC[C@H]3[C@H]1C5. The van der Waals surface area contributed by atoms with Crippen LogP contribution in [0.15, 0.2) is 12.1 Å². The number of benzene rings is 1. The predicted molar refractivity (Wildman–Crippen MR) is 81.2 cm³/mol. The first-order valence-electron chi connectivity index (χ1n) is 8.34. The Morgan fingerprint density at radius 2 is 2.27 bits per heavy atom. The third-order valence-corrected chi connectivity index (χ3v) is 6.79. The molecule has 5 rings (SSSR count). The molecule has 0 aromatic heterocycles. The van der Waals surface area contributed by atoms with Gasteiger partial charge < -0.3 is 14.7 Å². The van der Waals surface area contributed by atoms with Gasteiger partial charge in [-0.3, -0.25) is 4.79 Å². The van der Waals surface area contributed by atoms with Gasteiger partial charge in [-0.15, -0.1) is 0 Å². The largest absolute Gasteiger partial charge is 0.504 e. The van der Waals surface area contributed by atoms with Gasteiger partial charge in [-0.05, 0) is 50.4 Å². The Labute approximate surface area is 130 Å². The number of aromatic hydroxyl groups is 1. The van der Waals surface area contributed by atoms with Gasteiger partial charge in [0.2, 0.25) is 0 Å². The maximum Gasteiger partial charge on any atom is 0.165 e. The summed E-state index contributed by atoms with van der Waals surface area (Å²) in [5.41, 5.74) is 2.36. The second-order valence-electron chi connectivity index (χ2n) is 7.47. The number of piperidine rings is 1. The molecule has 2 bridgehead atoms. The van der Waals surface area contributed by atoms with Crippen molar-refractivity contribution in [1.82, 2.24) is 4.90 Å². The summed E-state index contributed by atoms with van der Waals surface area (Å²) < 4.78 is 5.89. The molecule has 4 atom stereocenters. The molecule has 116 valence electrons. The minimum atomic E-state index is -0.0909. The van der Waals surface area contributed by atoms with Gasteiger partial charge >= 0.3 is 0 Å². The third-order valence-electron chi connectivity index (χ3n) is 6.79. The molecule has 4 nitrogen and oxygen atoms in total. The van der Waals surface area contributed by atoms with Crippen LogP contribution >= 0.6 is 0 Å². The second kappa shape index (κ2) is 4.05. The molecule has 0 amide bonds. The molecule has 2 heterocycles. The molecule has 4 aliphatic rings. The molecule has 1 spiro atoms. The maximum atomic E-state index is 12.6. The van der Waals surface area contributed by atoms with Gasteiger partial charge in [0.1, 0.15) is 5.78 Å². The highest BCUT2D eigenvalue weighted by atomic mass is 16.5. The molecule has 22 heavy (non-hydrogen) atoms. The Morgan fingerprint density at radius 1 is 1.41 bits per heavy atom. The van der Waals surface area contributed by atoms with Gasteiger partial charge in [-0.2, -0.15) is 0 Å². The molecule has 1 aromatic rings. The molecule has 1 N–H and O–H groups in total. The number of carbonyl (C=O) groups is 1. The van der Waals surface area contributed by atoms with Gasteiger partial charge in [-0.1, -0.05) is 6.07 Å². The topological polar surface area (TPSA) is 49.8 Å². The van der Waals surface area contributed by atoms with Crippen LogP contribution in [0.1, 0.15) is 30.4 Å². The molecule has 2 aliphatic heterocycles. The standard InChI is InChI=1S/C18H21NO3/c1-19-7-6-18-11-3-5-14(20)12(18)9-22-17-15(21)4-2-10(16(17)18)8-13(11)19/h2,4,11-13,21H,3,5-9H2,1H3/t11-,12-,13+,18+/m0/s1. The number of Topliss-reactive ketones (excluding diaryl/α,β-unsaturated/α-hetero) is 1. The van der Waals surface area contributed by atoms with Crippen molar-refractivity contribution >= 4 is 5.78 Å². The summed E-state index contributed by atoms with van der Waals surface area (Å²) >= 11 is 0. The van der Waals surface area contributed by atoms with Gasteiger partial charge in [0, 0.05) is 23.4 Å². The predicted octanol–water partition coefficient (Wildman–Crippen LogP) is 1.88. The quantitative estimate of drug-likeness (QED) is 0.794. The lowest BCUT2D eigenvalue weighted by atomic mass is 9.47. The molecular formula is C18H21NO3. The average Bonchev–Trinajstić information content (AvgIpc) is 2.52. The summed E-state index contributed by atoms with van der Waals surface area (Å²) in [7, 11) is 2.22. The fraction of sp³-hybridized carbons (Fsp3) is 0.611. The van der Waals surface area contributed by atoms with Crippen molar-refractivity contribution in [3.63, 3.8) is 0 Å². The van der Waals surface area contributed by atoms with Crippen molar-refractivity contribution in [3.05, 3.63) is 23.3 Å². The molecule has 1 saturated carbocycles. The monoisotopic (exact) mass is 299 g/mol. The van der Waals surface area contributed by atoms with Crippen LogP contribution in [0.5, 0.6) is 11.5 Å². The summed E-state index contributed by atoms with van der Waals surface area (Å²) in [6, 6.07) is 4.32. The lowest BCUT2D eigenvalue weighted by Gasteiger charge is -2.62. The van der Waals surface area contributed by atoms with E-state index in [-0.39, 0.29) is 17.1 Å². The first-order valence-corrected chi connectivity index (χ1v) is 8.34. The third kappa shape index (κ3) is 1.31. The summed E-state index contributed by atoms with van der Waals surface area (Å²) in [5, 5.41) is 10.3. The van der Waals surface area contributed by atoms with Gasteiger partial charge in [0.25, 0.3) is 0 Å². The van der Waals surface area contributed by atoms with E-state index in [1.807, 2.05) is 6.07 Å². The molecule has 4 heteroatoms. The normalized spacial score (nSPS) is 39.1. The fourth-order valence-electron chi connectivity index (χ4n) is 5.86. The molecular weight excluding hydrogens is 278 g/mol. The Hall–Kier alpha value is -1.55. The van der Waals surface area contributed by atoms with E-state index in [2.05, 4.69) is 11.9 Å². The number of carbonyl (C=O) groups excluding carboxylic acids is 1. The number of hydrogen-bond donors (Lipinski definition) is 1. The molecule has 2 aliphatic carbocycles. The van der Waals surface area contributed by atoms with Crippen molar-refractivity contribution in [1.29, 1.82) is 0 Å². The van der Waals surface area contributed by atoms with E-state index in [0.717, 1.165) is 25.8 Å². The zero-order chi connectivity index (χ0) is 15.1. The number of rotatable bonds is 0. The first-order chi connectivity index (χ1) is 10.6. The highest BCUT2D eigenvalue weighted by molar-refractivity contribution is 5.85. The van der Waals surface area contributed by atoms with Gasteiger partial charge in [0.15, 0.2) is 11.5 Å². The van der Waals surface area contributed by atoms with E-state index >= 15 is 0 Å². The van der Waals surface area contributed by atoms with Crippen molar-refractivity contribution in [2.75, 3.05) is 20.2 Å². The first kappa shape index (κ1) is 12.9. The number of hydrogen-bond acceptors (Lipinski definition) is 4. The van der Waals surface area contributed by atoms with Crippen LogP contribution in [0.25, 0.3) is 0 Å². The maximum absolute atomic E-state index is 12.6. The summed E-state index contributed by atoms with van der Waals surface area (Å²) in [6.07, 6.45) is 3.69. The summed E-state index contributed by atoms with van der Waals surface area (Å²) in [6.45, 7) is 1.47. The van der Waals surface area contributed by atoms with Crippen molar-refractivity contribution in [2.24, 2.45) is 11.8 Å². The minimum absolute atomic E-state index is 0.0178. The molecule has 2 fully saturated rings. The molecule has 1 aromatic carbocycles. The Kier molecular flexibility index (Phi) is 2.38. The molecule has 1 saturated heterocycles. The van der Waals surface area contributed by atoms with E-state index < -0.39 is 0 Å². The molecule has 0 unspecified atom stereocenters. The van der Waals surface area contributed by atoms with E-state index in [1.165, 1.54) is 11.1 Å². The van der Waals surface area contributed by atoms with Crippen LogP contribution in [0, 0.1) is 11.8 Å². The van der Waals surface area contributed by atoms with Crippen LogP contribution in [-0.2, 0) is 16.6 Å².